The number of rotatable bonds is 3. The van der Waals surface area contributed by atoms with Crippen molar-refractivity contribution in [2.45, 2.75) is 12.8 Å². The number of amides is 2. The number of nitrogens with zero attached hydrogens (tertiary/aromatic N) is 1. The zero-order chi connectivity index (χ0) is 15.9. The van der Waals surface area contributed by atoms with Crippen LogP contribution >= 0.6 is 24.0 Å². The Morgan fingerprint density at radius 3 is 2.59 bits per heavy atom. The highest BCUT2D eigenvalue weighted by Crippen LogP contribution is 2.15. The monoisotopic (exact) mass is 341 g/mol. The molecule has 1 heterocycles. The van der Waals surface area contributed by atoms with E-state index in [1.807, 2.05) is 0 Å². The number of thioether (sulfide) groups is 1. The van der Waals surface area contributed by atoms with Crippen molar-refractivity contribution in [2.75, 3.05) is 18.8 Å². The second-order valence-corrected chi connectivity index (χ2v) is 6.34. The van der Waals surface area contributed by atoms with Gasteiger partial charge in [-0.25, -0.2) is 4.39 Å². The molecule has 1 aliphatic rings. The Morgan fingerprint density at radius 1 is 1.23 bits per heavy atom. The van der Waals surface area contributed by atoms with Crippen LogP contribution in [0.1, 0.15) is 23.2 Å². The molecule has 8 heteroatoms. The maximum atomic E-state index is 13.4. The molecular formula is C14H16FN3O2S2. The first kappa shape index (κ1) is 16.7. The van der Waals surface area contributed by atoms with Gasteiger partial charge in [0.2, 0.25) is 5.91 Å². The first-order valence-electron chi connectivity index (χ1n) is 6.83. The summed E-state index contributed by atoms with van der Waals surface area (Å²) in [5, 5.41) is 0. The van der Waals surface area contributed by atoms with Gasteiger partial charge in [-0.3, -0.25) is 20.4 Å². The molecule has 22 heavy (non-hydrogen) atoms. The third-order valence-corrected chi connectivity index (χ3v) is 4.65. The minimum Gasteiger partial charge on any atom is -0.358 e. The van der Waals surface area contributed by atoms with Crippen LogP contribution in [0.3, 0.4) is 0 Å². The number of carbonyl (C=O) groups excluding carboxylic acids is 2. The number of hydrogen-bond acceptors (Lipinski definition) is 4. The Labute approximate surface area is 137 Å². The lowest BCUT2D eigenvalue weighted by Crippen LogP contribution is -2.43. The minimum atomic E-state index is -0.696. The van der Waals surface area contributed by atoms with Crippen LogP contribution in [-0.4, -0.2) is 39.9 Å². The van der Waals surface area contributed by atoms with Crippen molar-refractivity contribution < 1.29 is 14.0 Å². The largest absolute Gasteiger partial charge is 0.358 e. The Hall–Kier alpha value is -1.67. The van der Waals surface area contributed by atoms with E-state index in [4.69, 9.17) is 12.2 Å². The molecule has 0 atom stereocenters. The lowest BCUT2D eigenvalue weighted by molar-refractivity contribution is -0.119. The van der Waals surface area contributed by atoms with Gasteiger partial charge in [0.25, 0.3) is 5.91 Å². The van der Waals surface area contributed by atoms with Crippen molar-refractivity contribution in [3.63, 3.8) is 0 Å². The molecule has 2 rings (SSSR count). The number of benzene rings is 1. The summed E-state index contributed by atoms with van der Waals surface area (Å²) in [4.78, 5) is 25.4. The van der Waals surface area contributed by atoms with Gasteiger partial charge >= 0.3 is 0 Å². The molecule has 0 spiro atoms. The van der Waals surface area contributed by atoms with Crippen molar-refractivity contribution in [3.05, 3.63) is 35.6 Å². The molecule has 1 saturated heterocycles. The molecular weight excluding hydrogens is 325 g/mol. The molecule has 5 nitrogen and oxygen atoms in total. The van der Waals surface area contributed by atoms with E-state index in [0.29, 0.717) is 4.32 Å². The van der Waals surface area contributed by atoms with E-state index in [1.54, 1.807) is 6.07 Å². The number of carbonyl (C=O) groups is 2. The number of halogens is 1. The zero-order valence-corrected chi connectivity index (χ0v) is 13.4. The van der Waals surface area contributed by atoms with E-state index < -0.39 is 17.6 Å². The number of nitrogens with one attached hydrogen (secondary N) is 2. The predicted octanol–water partition coefficient (Wildman–Crippen LogP) is 1.70. The third kappa shape index (κ3) is 4.67. The summed E-state index contributed by atoms with van der Waals surface area (Å²) in [7, 11) is 0. The first-order chi connectivity index (χ1) is 10.6. The van der Waals surface area contributed by atoms with Crippen molar-refractivity contribution >= 4 is 40.1 Å². The fraction of sp³-hybridized carbons (Fsp3) is 0.357. The second-order valence-electron chi connectivity index (χ2n) is 4.73. The van der Waals surface area contributed by atoms with Crippen LogP contribution in [0, 0.1) is 5.82 Å². The normalized spacial score (nSPS) is 13.8. The minimum absolute atomic E-state index is 0.104. The maximum Gasteiger partial charge on any atom is 0.272 e. The zero-order valence-electron chi connectivity index (χ0n) is 11.8. The van der Waals surface area contributed by atoms with Gasteiger partial charge in [0.15, 0.2) is 0 Å². The molecule has 0 bridgehead atoms. The van der Waals surface area contributed by atoms with Crippen molar-refractivity contribution in [3.8, 4) is 0 Å². The van der Waals surface area contributed by atoms with E-state index in [1.165, 1.54) is 30.0 Å². The Balaban J connectivity index is 1.72. The number of likely N-dealkylation sites (tertiary alicyclic amines) is 1. The third-order valence-electron chi connectivity index (χ3n) is 3.12. The van der Waals surface area contributed by atoms with Crippen LogP contribution in [0.5, 0.6) is 0 Å². The van der Waals surface area contributed by atoms with E-state index in [0.717, 1.165) is 25.9 Å². The van der Waals surface area contributed by atoms with Crippen molar-refractivity contribution in [1.82, 2.24) is 15.8 Å². The topological polar surface area (TPSA) is 61.4 Å². The molecule has 2 N–H and O–H groups in total. The predicted molar refractivity (Wildman–Crippen MR) is 87.9 cm³/mol. The summed E-state index contributed by atoms with van der Waals surface area (Å²) in [6.45, 7) is 1.86. The Bertz CT molecular complexity index is 577. The Morgan fingerprint density at radius 2 is 1.91 bits per heavy atom. The summed E-state index contributed by atoms with van der Waals surface area (Å²) >= 11 is 6.49. The number of hydrogen-bond donors (Lipinski definition) is 2. The molecule has 1 aromatic rings. The van der Waals surface area contributed by atoms with Crippen LogP contribution in [0.15, 0.2) is 24.3 Å². The number of hydrazine groups is 1. The second kappa shape index (κ2) is 8.09. The average Bonchev–Trinajstić information content (AvgIpc) is 3.05. The molecule has 0 aliphatic carbocycles. The fourth-order valence-electron chi connectivity index (χ4n) is 1.99. The van der Waals surface area contributed by atoms with E-state index in [2.05, 4.69) is 15.8 Å². The van der Waals surface area contributed by atoms with Gasteiger partial charge in [0, 0.05) is 13.1 Å². The first-order valence-corrected chi connectivity index (χ1v) is 8.22. The summed E-state index contributed by atoms with van der Waals surface area (Å²) in [5.41, 5.74) is 4.31. The highest BCUT2D eigenvalue weighted by Gasteiger charge is 2.16. The van der Waals surface area contributed by atoms with Gasteiger partial charge in [0.05, 0.1) is 11.3 Å². The van der Waals surface area contributed by atoms with Crippen LogP contribution in [-0.2, 0) is 4.79 Å². The van der Waals surface area contributed by atoms with Crippen LogP contribution in [0.4, 0.5) is 4.39 Å². The SMILES string of the molecule is O=C(CSC(=S)N1CCCC1)NNC(=O)c1ccccc1F. The molecule has 1 aromatic carbocycles. The highest BCUT2D eigenvalue weighted by molar-refractivity contribution is 8.23. The molecule has 1 fully saturated rings. The quantitative estimate of drug-likeness (QED) is 0.647. The van der Waals surface area contributed by atoms with Crippen LogP contribution in [0.25, 0.3) is 0 Å². The van der Waals surface area contributed by atoms with E-state index in [-0.39, 0.29) is 11.3 Å². The fourth-order valence-corrected chi connectivity index (χ4v) is 3.04. The van der Waals surface area contributed by atoms with Gasteiger partial charge in [-0.15, -0.1) is 0 Å². The molecule has 1 aliphatic heterocycles. The van der Waals surface area contributed by atoms with Gasteiger partial charge in [-0.05, 0) is 25.0 Å². The molecule has 0 unspecified atom stereocenters. The van der Waals surface area contributed by atoms with Crippen LogP contribution in [0.2, 0.25) is 0 Å². The van der Waals surface area contributed by atoms with Crippen molar-refractivity contribution in [1.29, 1.82) is 0 Å². The highest BCUT2D eigenvalue weighted by atomic mass is 32.2. The van der Waals surface area contributed by atoms with Gasteiger partial charge in [0.1, 0.15) is 10.1 Å². The summed E-state index contributed by atoms with van der Waals surface area (Å²) < 4.78 is 14.1. The average molecular weight is 341 g/mol. The molecule has 0 aromatic heterocycles. The van der Waals surface area contributed by atoms with Crippen LogP contribution < -0.4 is 10.9 Å². The maximum absolute atomic E-state index is 13.4. The van der Waals surface area contributed by atoms with Gasteiger partial charge in [-0.1, -0.05) is 36.1 Å². The van der Waals surface area contributed by atoms with E-state index >= 15 is 0 Å². The smallest absolute Gasteiger partial charge is 0.272 e. The molecule has 0 saturated carbocycles. The number of thiocarbonyl (C=S) groups is 1. The van der Waals surface area contributed by atoms with Gasteiger partial charge in [-0.2, -0.15) is 0 Å². The Kier molecular flexibility index (Phi) is 6.14. The van der Waals surface area contributed by atoms with E-state index in [9.17, 15) is 14.0 Å². The summed E-state index contributed by atoms with van der Waals surface area (Å²) in [5.74, 6) is -1.62. The molecule has 118 valence electrons. The molecule has 0 radical (unpaired) electrons. The molecule has 2 amide bonds. The lowest BCUT2D eigenvalue weighted by Gasteiger charge is -2.17. The summed E-state index contributed by atoms with van der Waals surface area (Å²) in [6.07, 6.45) is 2.23. The summed E-state index contributed by atoms with van der Waals surface area (Å²) in [6, 6.07) is 5.56. The van der Waals surface area contributed by atoms with Gasteiger partial charge < -0.3 is 4.90 Å². The lowest BCUT2D eigenvalue weighted by atomic mass is 10.2. The standard InChI is InChI=1S/C14H16FN3O2S2/c15-11-6-2-1-5-10(11)13(20)17-16-12(19)9-22-14(21)18-7-3-4-8-18/h1-2,5-6H,3-4,7-9H2,(H,16,19)(H,17,20). The van der Waals surface area contributed by atoms with Crippen molar-refractivity contribution in [2.24, 2.45) is 0 Å².